The highest BCUT2D eigenvalue weighted by Crippen LogP contribution is 1.94. The quantitative estimate of drug-likeness (QED) is 0.685. The lowest BCUT2D eigenvalue weighted by atomic mass is 10.3. The number of aromatic nitrogens is 2. The van der Waals surface area contributed by atoms with Crippen LogP contribution in [-0.4, -0.2) is 34.8 Å². The predicted octanol–water partition coefficient (Wildman–Crippen LogP) is -0.439. The molecule has 1 rings (SSSR count). The number of carbonyl (C=O) groups excluding carboxylic acids is 2. The van der Waals surface area contributed by atoms with E-state index in [0.717, 1.165) is 0 Å². The SMILES string of the molecule is COC(=O)[C@H](Cn1cccn1)NC(C)=O. The summed E-state index contributed by atoms with van der Waals surface area (Å²) in [6, 6.07) is 1.04. The van der Waals surface area contributed by atoms with Gasteiger partial charge in [0.15, 0.2) is 0 Å². The zero-order valence-electron chi connectivity index (χ0n) is 8.64. The second-order valence-corrected chi connectivity index (χ2v) is 3.00. The van der Waals surface area contributed by atoms with Gasteiger partial charge in [0, 0.05) is 19.3 Å². The Balaban J connectivity index is 2.64. The molecule has 82 valence electrons. The summed E-state index contributed by atoms with van der Waals surface area (Å²) in [5.74, 6) is -0.766. The Morgan fingerprint density at radius 3 is 2.80 bits per heavy atom. The smallest absolute Gasteiger partial charge is 0.330 e. The minimum atomic E-state index is -0.701. The third-order valence-corrected chi connectivity index (χ3v) is 1.79. The van der Waals surface area contributed by atoms with E-state index in [2.05, 4.69) is 15.2 Å². The van der Waals surface area contributed by atoms with Crippen LogP contribution in [0.2, 0.25) is 0 Å². The van der Waals surface area contributed by atoms with Gasteiger partial charge < -0.3 is 10.1 Å². The maximum atomic E-state index is 11.3. The number of carbonyl (C=O) groups is 2. The van der Waals surface area contributed by atoms with Crippen molar-refractivity contribution in [1.82, 2.24) is 15.1 Å². The molecule has 0 aromatic carbocycles. The Hall–Kier alpha value is -1.85. The minimum absolute atomic E-state index is 0.263. The number of nitrogens with one attached hydrogen (secondary N) is 1. The van der Waals surface area contributed by atoms with Gasteiger partial charge in [0.1, 0.15) is 6.04 Å². The summed E-state index contributed by atoms with van der Waals surface area (Å²) in [5.41, 5.74) is 0. The lowest BCUT2D eigenvalue weighted by molar-refractivity contribution is -0.145. The first-order valence-electron chi connectivity index (χ1n) is 4.46. The fourth-order valence-corrected chi connectivity index (χ4v) is 1.16. The van der Waals surface area contributed by atoms with Gasteiger partial charge in [0.25, 0.3) is 0 Å². The van der Waals surface area contributed by atoms with Crippen molar-refractivity contribution < 1.29 is 14.3 Å². The Morgan fingerprint density at radius 2 is 2.33 bits per heavy atom. The van der Waals surface area contributed by atoms with Crippen LogP contribution in [0.15, 0.2) is 18.5 Å². The van der Waals surface area contributed by atoms with E-state index in [4.69, 9.17) is 0 Å². The number of rotatable bonds is 4. The van der Waals surface area contributed by atoms with E-state index in [9.17, 15) is 9.59 Å². The minimum Gasteiger partial charge on any atom is -0.467 e. The topological polar surface area (TPSA) is 73.2 Å². The summed E-state index contributed by atoms with van der Waals surface area (Å²) in [5, 5.41) is 6.43. The van der Waals surface area contributed by atoms with E-state index in [1.165, 1.54) is 14.0 Å². The van der Waals surface area contributed by atoms with Crippen LogP contribution < -0.4 is 5.32 Å². The summed E-state index contributed by atoms with van der Waals surface area (Å²) in [4.78, 5) is 22.2. The molecule has 1 atom stereocenters. The zero-order valence-corrected chi connectivity index (χ0v) is 8.64. The van der Waals surface area contributed by atoms with Crippen LogP contribution in [0.1, 0.15) is 6.92 Å². The van der Waals surface area contributed by atoms with Gasteiger partial charge in [-0.05, 0) is 6.07 Å². The second kappa shape index (κ2) is 5.14. The highest BCUT2D eigenvalue weighted by molar-refractivity contribution is 5.83. The fraction of sp³-hybridized carbons (Fsp3) is 0.444. The van der Waals surface area contributed by atoms with Crippen molar-refractivity contribution in [3.63, 3.8) is 0 Å². The Labute approximate surface area is 87.2 Å². The molecule has 6 heteroatoms. The first kappa shape index (κ1) is 11.2. The molecule has 1 amide bonds. The number of hydrogen-bond acceptors (Lipinski definition) is 4. The molecule has 15 heavy (non-hydrogen) atoms. The molecular weight excluding hydrogens is 198 g/mol. The van der Waals surface area contributed by atoms with E-state index < -0.39 is 12.0 Å². The van der Waals surface area contributed by atoms with E-state index >= 15 is 0 Å². The standard InChI is InChI=1S/C9H13N3O3/c1-7(13)11-8(9(14)15-2)6-12-5-3-4-10-12/h3-5,8H,6H2,1-2H3,(H,11,13)/t8-/m0/s1. The van der Waals surface area contributed by atoms with Crippen molar-refractivity contribution in [2.24, 2.45) is 0 Å². The Kier molecular flexibility index (Phi) is 3.84. The van der Waals surface area contributed by atoms with Crippen LogP contribution in [0.4, 0.5) is 0 Å². The van der Waals surface area contributed by atoms with Gasteiger partial charge in [-0.2, -0.15) is 5.10 Å². The molecule has 0 aliphatic carbocycles. The molecule has 0 bridgehead atoms. The monoisotopic (exact) mass is 211 g/mol. The highest BCUT2D eigenvalue weighted by Gasteiger charge is 2.20. The third-order valence-electron chi connectivity index (χ3n) is 1.79. The van der Waals surface area contributed by atoms with Crippen LogP contribution in [0, 0.1) is 0 Å². The molecular formula is C9H13N3O3. The lowest BCUT2D eigenvalue weighted by Gasteiger charge is -2.15. The number of amides is 1. The van der Waals surface area contributed by atoms with Gasteiger partial charge in [-0.1, -0.05) is 0 Å². The molecule has 1 aromatic rings. The number of nitrogens with zero attached hydrogens (tertiary/aromatic N) is 2. The van der Waals surface area contributed by atoms with E-state index in [1.54, 1.807) is 23.1 Å². The number of ether oxygens (including phenoxy) is 1. The number of hydrogen-bond donors (Lipinski definition) is 1. The normalized spacial score (nSPS) is 11.9. The highest BCUT2D eigenvalue weighted by atomic mass is 16.5. The van der Waals surface area contributed by atoms with E-state index in [1.807, 2.05) is 0 Å². The van der Waals surface area contributed by atoms with Crippen molar-refractivity contribution in [2.45, 2.75) is 19.5 Å². The first-order chi connectivity index (χ1) is 7.13. The van der Waals surface area contributed by atoms with Crippen molar-refractivity contribution in [3.8, 4) is 0 Å². The maximum Gasteiger partial charge on any atom is 0.330 e. The van der Waals surface area contributed by atoms with Gasteiger partial charge in [-0.15, -0.1) is 0 Å². The van der Waals surface area contributed by atoms with Crippen LogP contribution in [0.5, 0.6) is 0 Å². The predicted molar refractivity (Wildman–Crippen MR) is 51.8 cm³/mol. The van der Waals surface area contributed by atoms with E-state index in [-0.39, 0.29) is 12.5 Å². The molecule has 1 N–H and O–H groups in total. The molecule has 0 fully saturated rings. The molecule has 1 heterocycles. The number of methoxy groups -OCH3 is 1. The van der Waals surface area contributed by atoms with Crippen molar-refractivity contribution in [1.29, 1.82) is 0 Å². The Morgan fingerprint density at radius 1 is 1.60 bits per heavy atom. The molecule has 0 spiro atoms. The molecule has 0 radical (unpaired) electrons. The molecule has 0 unspecified atom stereocenters. The molecule has 0 saturated heterocycles. The summed E-state index contributed by atoms with van der Waals surface area (Å²) < 4.78 is 6.12. The van der Waals surface area contributed by atoms with Crippen LogP contribution in [0.25, 0.3) is 0 Å². The maximum absolute atomic E-state index is 11.3. The molecule has 0 aliphatic rings. The van der Waals surface area contributed by atoms with Crippen molar-refractivity contribution >= 4 is 11.9 Å². The van der Waals surface area contributed by atoms with Crippen LogP contribution in [-0.2, 0) is 20.9 Å². The molecule has 6 nitrogen and oxygen atoms in total. The van der Waals surface area contributed by atoms with E-state index in [0.29, 0.717) is 0 Å². The van der Waals surface area contributed by atoms with Gasteiger partial charge in [-0.3, -0.25) is 9.48 Å². The van der Waals surface area contributed by atoms with Gasteiger partial charge in [0.2, 0.25) is 5.91 Å². The summed E-state index contributed by atoms with van der Waals surface area (Å²) in [6.07, 6.45) is 3.31. The fourth-order valence-electron chi connectivity index (χ4n) is 1.16. The third kappa shape index (κ3) is 3.41. The first-order valence-corrected chi connectivity index (χ1v) is 4.46. The van der Waals surface area contributed by atoms with Gasteiger partial charge in [-0.25, -0.2) is 4.79 Å². The average Bonchev–Trinajstić information content (AvgIpc) is 2.67. The molecule has 0 aliphatic heterocycles. The largest absolute Gasteiger partial charge is 0.467 e. The van der Waals surface area contributed by atoms with Crippen LogP contribution >= 0.6 is 0 Å². The zero-order chi connectivity index (χ0) is 11.3. The summed E-state index contributed by atoms with van der Waals surface area (Å²) >= 11 is 0. The molecule has 1 aromatic heterocycles. The van der Waals surface area contributed by atoms with Gasteiger partial charge >= 0.3 is 5.97 Å². The second-order valence-electron chi connectivity index (χ2n) is 3.00. The average molecular weight is 211 g/mol. The van der Waals surface area contributed by atoms with Crippen LogP contribution in [0.3, 0.4) is 0 Å². The van der Waals surface area contributed by atoms with Gasteiger partial charge in [0.05, 0.1) is 13.7 Å². The number of esters is 1. The summed E-state index contributed by atoms with van der Waals surface area (Å²) in [6.45, 7) is 1.61. The lowest BCUT2D eigenvalue weighted by Crippen LogP contribution is -2.43. The summed E-state index contributed by atoms with van der Waals surface area (Å²) in [7, 11) is 1.28. The Bertz CT molecular complexity index is 334. The van der Waals surface area contributed by atoms with Crippen molar-refractivity contribution in [2.75, 3.05) is 7.11 Å². The van der Waals surface area contributed by atoms with Crippen molar-refractivity contribution in [3.05, 3.63) is 18.5 Å². The molecule has 0 saturated carbocycles.